The zero-order valence-electron chi connectivity index (χ0n) is 13.5. The van der Waals surface area contributed by atoms with Crippen LogP contribution in [0.2, 0.25) is 5.02 Å². The highest BCUT2D eigenvalue weighted by molar-refractivity contribution is 6.31. The van der Waals surface area contributed by atoms with E-state index in [2.05, 4.69) is 42.0 Å². The molecule has 0 atom stereocenters. The molecule has 0 unspecified atom stereocenters. The Balaban J connectivity index is 2.03. The Morgan fingerprint density at radius 2 is 2.19 bits per heavy atom. The van der Waals surface area contributed by atoms with Crippen LogP contribution in [0.3, 0.4) is 0 Å². The average Bonchev–Trinajstić information content (AvgIpc) is 3.24. The third-order valence-corrected chi connectivity index (χ3v) is 4.12. The van der Waals surface area contributed by atoms with E-state index in [9.17, 15) is 0 Å². The smallest absolute Gasteiger partial charge is 0.128 e. The molecule has 118 valence electrons. The van der Waals surface area contributed by atoms with Gasteiger partial charge in [-0.1, -0.05) is 32.4 Å². The Morgan fingerprint density at radius 1 is 1.43 bits per heavy atom. The van der Waals surface area contributed by atoms with Crippen molar-refractivity contribution < 1.29 is 0 Å². The van der Waals surface area contributed by atoms with E-state index in [1.807, 2.05) is 0 Å². The van der Waals surface area contributed by atoms with E-state index in [0.717, 1.165) is 54.9 Å². The molecule has 0 bridgehead atoms. The average molecular weight is 310 g/mol. The minimum atomic E-state index is 0.650. The van der Waals surface area contributed by atoms with E-state index in [1.54, 1.807) is 6.20 Å². The highest BCUT2D eigenvalue weighted by Crippen LogP contribution is 2.31. The first-order valence-corrected chi connectivity index (χ1v) is 8.58. The van der Waals surface area contributed by atoms with Gasteiger partial charge in [-0.25, -0.2) is 4.98 Å². The molecular weight excluding hydrogens is 282 g/mol. The van der Waals surface area contributed by atoms with E-state index >= 15 is 0 Å². The van der Waals surface area contributed by atoms with Gasteiger partial charge in [0.1, 0.15) is 5.82 Å². The Hall–Kier alpha value is -0.800. The van der Waals surface area contributed by atoms with E-state index in [1.165, 1.54) is 12.8 Å². The summed E-state index contributed by atoms with van der Waals surface area (Å²) in [5.74, 6) is 2.60. The number of aromatic nitrogens is 1. The maximum Gasteiger partial charge on any atom is 0.128 e. The van der Waals surface area contributed by atoms with Crippen molar-refractivity contribution in [3.05, 3.63) is 22.8 Å². The molecule has 1 fully saturated rings. The second-order valence-electron chi connectivity index (χ2n) is 6.55. The number of halogens is 1. The summed E-state index contributed by atoms with van der Waals surface area (Å²) in [5.41, 5.74) is 1.15. The Bertz CT molecular complexity index is 444. The molecule has 4 heteroatoms. The number of anilines is 1. The lowest BCUT2D eigenvalue weighted by atomic mass is 10.2. The van der Waals surface area contributed by atoms with Gasteiger partial charge in [0.05, 0.1) is 5.02 Å². The SMILES string of the molecule is CCCN(CC1CC1)c1cc(CNCC(C)C)c(Cl)cn1. The van der Waals surface area contributed by atoms with E-state index in [4.69, 9.17) is 11.6 Å². The van der Waals surface area contributed by atoms with E-state index < -0.39 is 0 Å². The second kappa shape index (κ2) is 8.00. The number of rotatable bonds is 9. The summed E-state index contributed by atoms with van der Waals surface area (Å²) in [4.78, 5) is 6.96. The molecule has 0 aromatic carbocycles. The van der Waals surface area contributed by atoms with Crippen LogP contribution in [-0.2, 0) is 6.54 Å². The largest absolute Gasteiger partial charge is 0.356 e. The fourth-order valence-electron chi connectivity index (χ4n) is 2.45. The molecule has 1 N–H and O–H groups in total. The predicted molar refractivity (Wildman–Crippen MR) is 91.0 cm³/mol. The number of hydrogen-bond donors (Lipinski definition) is 1. The molecular formula is C17H28ClN3. The van der Waals surface area contributed by atoms with Crippen LogP contribution in [0, 0.1) is 11.8 Å². The monoisotopic (exact) mass is 309 g/mol. The van der Waals surface area contributed by atoms with Crippen LogP contribution in [0.25, 0.3) is 0 Å². The number of nitrogens with one attached hydrogen (secondary N) is 1. The first kappa shape index (κ1) is 16.6. The third-order valence-electron chi connectivity index (χ3n) is 3.78. The summed E-state index contributed by atoms with van der Waals surface area (Å²) in [6, 6.07) is 2.16. The van der Waals surface area contributed by atoms with Gasteiger partial charge in [0.15, 0.2) is 0 Å². The summed E-state index contributed by atoms with van der Waals surface area (Å²) in [5, 5.41) is 4.22. The van der Waals surface area contributed by atoms with Gasteiger partial charge < -0.3 is 10.2 Å². The minimum Gasteiger partial charge on any atom is -0.356 e. The Kier molecular flexibility index (Phi) is 6.31. The van der Waals surface area contributed by atoms with Crippen LogP contribution in [0.4, 0.5) is 5.82 Å². The van der Waals surface area contributed by atoms with Crippen LogP contribution in [0.1, 0.15) is 45.6 Å². The lowest BCUT2D eigenvalue weighted by molar-refractivity contribution is 0.552. The highest BCUT2D eigenvalue weighted by Gasteiger charge is 2.24. The molecule has 1 aliphatic carbocycles. The lowest BCUT2D eigenvalue weighted by Gasteiger charge is -2.24. The van der Waals surface area contributed by atoms with Gasteiger partial charge in [-0.05, 0) is 49.3 Å². The van der Waals surface area contributed by atoms with Crippen molar-refractivity contribution in [3.8, 4) is 0 Å². The van der Waals surface area contributed by atoms with E-state index in [-0.39, 0.29) is 0 Å². The summed E-state index contributed by atoms with van der Waals surface area (Å²) in [7, 11) is 0. The van der Waals surface area contributed by atoms with Gasteiger partial charge in [-0.2, -0.15) is 0 Å². The molecule has 0 saturated heterocycles. The standard InChI is InChI=1S/C17H28ClN3/c1-4-7-21(12-14-5-6-14)17-8-15(16(18)11-20-17)10-19-9-13(2)3/h8,11,13-14,19H,4-7,9-10,12H2,1-3H3. The molecule has 1 saturated carbocycles. The summed E-state index contributed by atoms with van der Waals surface area (Å²) in [6.07, 6.45) is 5.70. The minimum absolute atomic E-state index is 0.650. The van der Waals surface area contributed by atoms with Gasteiger partial charge >= 0.3 is 0 Å². The number of pyridine rings is 1. The van der Waals surface area contributed by atoms with Crippen molar-refractivity contribution in [2.24, 2.45) is 11.8 Å². The number of hydrogen-bond acceptors (Lipinski definition) is 3. The fourth-order valence-corrected chi connectivity index (χ4v) is 2.62. The van der Waals surface area contributed by atoms with Crippen molar-refractivity contribution in [2.45, 2.75) is 46.6 Å². The molecule has 1 aliphatic rings. The molecule has 0 spiro atoms. The Labute approximate surface area is 134 Å². The zero-order chi connectivity index (χ0) is 15.2. The van der Waals surface area contributed by atoms with Crippen LogP contribution < -0.4 is 10.2 Å². The quantitative estimate of drug-likeness (QED) is 0.744. The topological polar surface area (TPSA) is 28.2 Å². The summed E-state index contributed by atoms with van der Waals surface area (Å²) in [6.45, 7) is 10.7. The molecule has 1 heterocycles. The van der Waals surface area contributed by atoms with E-state index in [0.29, 0.717) is 5.92 Å². The third kappa shape index (κ3) is 5.48. The van der Waals surface area contributed by atoms with Gasteiger partial charge in [0.25, 0.3) is 0 Å². The summed E-state index contributed by atoms with van der Waals surface area (Å²) >= 11 is 6.29. The molecule has 1 aromatic rings. The summed E-state index contributed by atoms with van der Waals surface area (Å²) < 4.78 is 0. The predicted octanol–water partition coefficient (Wildman–Crippen LogP) is 4.11. The lowest BCUT2D eigenvalue weighted by Crippen LogP contribution is -2.27. The fraction of sp³-hybridized carbons (Fsp3) is 0.706. The van der Waals surface area contributed by atoms with Crippen LogP contribution in [0.5, 0.6) is 0 Å². The molecule has 3 nitrogen and oxygen atoms in total. The van der Waals surface area contributed by atoms with Gasteiger partial charge in [0.2, 0.25) is 0 Å². The molecule has 21 heavy (non-hydrogen) atoms. The first-order chi connectivity index (χ1) is 10.1. The molecule has 0 aliphatic heterocycles. The van der Waals surface area contributed by atoms with Crippen molar-refractivity contribution in [1.82, 2.24) is 10.3 Å². The molecule has 0 radical (unpaired) electrons. The zero-order valence-corrected chi connectivity index (χ0v) is 14.3. The second-order valence-corrected chi connectivity index (χ2v) is 6.96. The number of nitrogens with zero attached hydrogens (tertiary/aromatic N) is 2. The van der Waals surface area contributed by atoms with Gasteiger partial charge in [-0.15, -0.1) is 0 Å². The van der Waals surface area contributed by atoms with Crippen LogP contribution >= 0.6 is 11.6 Å². The van der Waals surface area contributed by atoms with Gasteiger partial charge in [-0.3, -0.25) is 0 Å². The Morgan fingerprint density at radius 3 is 2.81 bits per heavy atom. The molecule has 1 aromatic heterocycles. The highest BCUT2D eigenvalue weighted by atomic mass is 35.5. The van der Waals surface area contributed by atoms with Crippen molar-refractivity contribution in [3.63, 3.8) is 0 Å². The van der Waals surface area contributed by atoms with Gasteiger partial charge in [0, 0.05) is 25.8 Å². The maximum absolute atomic E-state index is 6.29. The van der Waals surface area contributed by atoms with Crippen molar-refractivity contribution in [2.75, 3.05) is 24.5 Å². The van der Waals surface area contributed by atoms with Crippen LogP contribution in [-0.4, -0.2) is 24.6 Å². The maximum atomic E-state index is 6.29. The van der Waals surface area contributed by atoms with Crippen LogP contribution in [0.15, 0.2) is 12.3 Å². The normalized spacial score (nSPS) is 14.7. The molecule has 0 amide bonds. The molecule has 2 rings (SSSR count). The van der Waals surface area contributed by atoms with Crippen molar-refractivity contribution in [1.29, 1.82) is 0 Å². The van der Waals surface area contributed by atoms with Crippen molar-refractivity contribution >= 4 is 17.4 Å². The first-order valence-electron chi connectivity index (χ1n) is 8.20.